The van der Waals surface area contributed by atoms with Gasteiger partial charge in [0.15, 0.2) is 12.4 Å². The van der Waals surface area contributed by atoms with Gasteiger partial charge in [0, 0.05) is 11.2 Å². The lowest BCUT2D eigenvalue weighted by Gasteiger charge is -2.12. The van der Waals surface area contributed by atoms with E-state index in [2.05, 4.69) is 15.4 Å². The Morgan fingerprint density at radius 2 is 1.87 bits per heavy atom. The summed E-state index contributed by atoms with van der Waals surface area (Å²) in [6, 6.07) is 8.27. The van der Waals surface area contributed by atoms with Crippen molar-refractivity contribution in [2.24, 2.45) is 0 Å². The van der Waals surface area contributed by atoms with Crippen molar-refractivity contribution in [3.63, 3.8) is 0 Å². The molecular formula is C20H17Cl3N4O3. The minimum atomic E-state index is -0.677. The van der Waals surface area contributed by atoms with Crippen molar-refractivity contribution in [2.45, 2.75) is 19.8 Å². The first kappa shape index (κ1) is 22.1. The molecule has 0 aliphatic carbocycles. The number of anilines is 1. The number of nitrogens with zero attached hydrogens (tertiary/aromatic N) is 3. The number of carbonyl (C=O) groups is 2. The van der Waals surface area contributed by atoms with Gasteiger partial charge in [0.05, 0.1) is 27.6 Å². The number of pyridine rings is 1. The second kappa shape index (κ2) is 9.47. The van der Waals surface area contributed by atoms with Crippen LogP contribution in [0.15, 0.2) is 42.7 Å². The highest BCUT2D eigenvalue weighted by Gasteiger charge is 2.23. The molecule has 10 heteroatoms. The molecule has 0 fully saturated rings. The molecule has 0 radical (unpaired) electrons. The van der Waals surface area contributed by atoms with Crippen molar-refractivity contribution in [2.75, 3.05) is 11.9 Å². The first-order chi connectivity index (χ1) is 14.3. The molecule has 1 amide bonds. The lowest BCUT2D eigenvalue weighted by Crippen LogP contribution is -2.22. The average Bonchev–Trinajstić information content (AvgIpc) is 3.15. The van der Waals surface area contributed by atoms with Gasteiger partial charge in [0.1, 0.15) is 5.56 Å². The summed E-state index contributed by atoms with van der Waals surface area (Å²) >= 11 is 17.9. The summed E-state index contributed by atoms with van der Waals surface area (Å²) in [6.07, 6.45) is 3.04. The van der Waals surface area contributed by atoms with Crippen LogP contribution in [0.2, 0.25) is 15.1 Å². The Morgan fingerprint density at radius 3 is 2.47 bits per heavy atom. The number of halogens is 3. The number of carbonyl (C=O) groups excluding carboxylic acids is 2. The number of rotatable bonds is 6. The fourth-order valence-electron chi connectivity index (χ4n) is 2.78. The van der Waals surface area contributed by atoms with Gasteiger partial charge < -0.3 is 10.1 Å². The van der Waals surface area contributed by atoms with Gasteiger partial charge in [-0.1, -0.05) is 54.7 Å². The van der Waals surface area contributed by atoms with Gasteiger partial charge in [-0.2, -0.15) is 5.10 Å². The predicted octanol–water partition coefficient (Wildman–Crippen LogP) is 5.15. The van der Waals surface area contributed by atoms with E-state index in [9.17, 15) is 9.59 Å². The normalized spacial score (nSPS) is 10.9. The van der Waals surface area contributed by atoms with E-state index >= 15 is 0 Å². The number of hydrogen-bond donors (Lipinski definition) is 1. The number of benzene rings is 1. The maximum Gasteiger partial charge on any atom is 0.342 e. The van der Waals surface area contributed by atoms with E-state index in [4.69, 9.17) is 39.5 Å². The summed E-state index contributed by atoms with van der Waals surface area (Å²) in [6.45, 7) is 3.31. The van der Waals surface area contributed by atoms with Crippen LogP contribution in [0.5, 0.6) is 0 Å². The summed E-state index contributed by atoms with van der Waals surface area (Å²) < 4.78 is 6.75. The van der Waals surface area contributed by atoms with Gasteiger partial charge in [-0.25, -0.2) is 14.5 Å². The van der Waals surface area contributed by atoms with Gasteiger partial charge >= 0.3 is 5.97 Å². The Bertz CT molecular complexity index is 1060. The summed E-state index contributed by atoms with van der Waals surface area (Å²) in [5.74, 6) is -0.746. The summed E-state index contributed by atoms with van der Waals surface area (Å²) in [7, 11) is 0. The Balaban J connectivity index is 1.72. The molecular weight excluding hydrogens is 451 g/mol. The third kappa shape index (κ3) is 4.92. The molecule has 2 aromatic heterocycles. The van der Waals surface area contributed by atoms with Crippen LogP contribution in [0, 0.1) is 0 Å². The highest BCUT2D eigenvalue weighted by Crippen LogP contribution is 2.33. The zero-order chi connectivity index (χ0) is 21.8. The first-order valence-electron chi connectivity index (χ1n) is 8.88. The largest absolute Gasteiger partial charge is 0.452 e. The summed E-state index contributed by atoms with van der Waals surface area (Å²) in [5.41, 5.74) is 1.07. The number of nitrogens with one attached hydrogen (secondary N) is 1. The number of amides is 1. The molecule has 0 aliphatic rings. The van der Waals surface area contributed by atoms with Crippen LogP contribution in [0.25, 0.3) is 5.82 Å². The van der Waals surface area contributed by atoms with E-state index in [1.165, 1.54) is 18.3 Å². The van der Waals surface area contributed by atoms with E-state index in [0.717, 1.165) is 0 Å². The third-order valence-electron chi connectivity index (χ3n) is 4.05. The first-order valence-corrected chi connectivity index (χ1v) is 10.0. The molecule has 0 saturated heterocycles. The average molecular weight is 468 g/mol. The van der Waals surface area contributed by atoms with Crippen molar-refractivity contribution >= 4 is 52.4 Å². The smallest absolute Gasteiger partial charge is 0.342 e. The molecule has 2 heterocycles. The molecule has 0 unspecified atom stereocenters. The number of ether oxygens (including phenoxy) is 1. The topological polar surface area (TPSA) is 86.1 Å². The van der Waals surface area contributed by atoms with Crippen LogP contribution in [0.3, 0.4) is 0 Å². The van der Waals surface area contributed by atoms with Crippen LogP contribution >= 0.6 is 34.8 Å². The molecule has 0 bridgehead atoms. The van der Waals surface area contributed by atoms with E-state index < -0.39 is 18.5 Å². The molecule has 0 spiro atoms. The third-order valence-corrected chi connectivity index (χ3v) is 4.86. The maximum absolute atomic E-state index is 12.6. The van der Waals surface area contributed by atoms with E-state index in [0.29, 0.717) is 16.5 Å². The molecule has 3 aromatic rings. The van der Waals surface area contributed by atoms with Gasteiger partial charge in [-0.05, 0) is 30.2 Å². The number of aromatic nitrogens is 3. The van der Waals surface area contributed by atoms with E-state index in [1.54, 1.807) is 23.0 Å². The quantitative estimate of drug-likeness (QED) is 0.507. The van der Waals surface area contributed by atoms with Gasteiger partial charge in [0.25, 0.3) is 5.91 Å². The second-order valence-electron chi connectivity index (χ2n) is 6.57. The zero-order valence-electron chi connectivity index (χ0n) is 16.0. The molecule has 0 atom stereocenters. The monoisotopic (exact) mass is 466 g/mol. The fraction of sp³-hybridized carbons (Fsp3) is 0.200. The van der Waals surface area contributed by atoms with Crippen LogP contribution in [0.1, 0.15) is 35.8 Å². The number of esters is 1. The van der Waals surface area contributed by atoms with Crippen molar-refractivity contribution in [1.82, 2.24) is 14.8 Å². The molecule has 156 valence electrons. The summed E-state index contributed by atoms with van der Waals surface area (Å²) in [4.78, 5) is 29.1. The van der Waals surface area contributed by atoms with Gasteiger partial charge in [0.2, 0.25) is 0 Å². The van der Waals surface area contributed by atoms with Crippen LogP contribution < -0.4 is 5.32 Å². The van der Waals surface area contributed by atoms with Crippen molar-refractivity contribution < 1.29 is 14.3 Å². The molecule has 0 saturated carbocycles. The van der Waals surface area contributed by atoms with Crippen LogP contribution in [-0.4, -0.2) is 33.2 Å². The molecule has 30 heavy (non-hydrogen) atoms. The lowest BCUT2D eigenvalue weighted by atomic mass is 10.1. The van der Waals surface area contributed by atoms with Crippen molar-refractivity contribution in [3.05, 3.63) is 69.1 Å². The predicted molar refractivity (Wildman–Crippen MR) is 116 cm³/mol. The molecule has 1 N–H and O–H groups in total. The second-order valence-corrected chi connectivity index (χ2v) is 7.82. The van der Waals surface area contributed by atoms with E-state index in [1.807, 2.05) is 19.9 Å². The molecule has 3 rings (SSSR count). The number of hydrogen-bond acceptors (Lipinski definition) is 5. The maximum atomic E-state index is 12.6. The van der Waals surface area contributed by atoms with Crippen LogP contribution in [-0.2, 0) is 9.53 Å². The molecule has 0 aliphatic heterocycles. The van der Waals surface area contributed by atoms with Crippen molar-refractivity contribution in [1.29, 1.82) is 0 Å². The Labute approximate surface area is 187 Å². The Hall–Kier alpha value is -2.61. The highest BCUT2D eigenvalue weighted by atomic mass is 35.5. The van der Waals surface area contributed by atoms with Crippen LogP contribution in [0.4, 0.5) is 5.69 Å². The fourth-order valence-corrected chi connectivity index (χ4v) is 3.69. The van der Waals surface area contributed by atoms with Gasteiger partial charge in [-0.15, -0.1) is 0 Å². The molecule has 1 aromatic carbocycles. The molecule has 7 nitrogen and oxygen atoms in total. The standard InChI is InChI=1S/C20H17Cl3N4O3/c1-11(2)19-13(9-25-27(19)16-5-3-4-6-24-16)20(29)30-10-17(28)26-18-14(22)7-12(21)8-15(18)23/h3-9,11H,10H2,1-2H3,(H,26,28). The minimum Gasteiger partial charge on any atom is -0.452 e. The lowest BCUT2D eigenvalue weighted by molar-refractivity contribution is -0.119. The Morgan fingerprint density at radius 1 is 1.17 bits per heavy atom. The summed E-state index contributed by atoms with van der Waals surface area (Å²) in [5, 5.41) is 7.45. The van der Waals surface area contributed by atoms with E-state index in [-0.39, 0.29) is 27.2 Å². The van der Waals surface area contributed by atoms with Gasteiger partial charge in [-0.3, -0.25) is 4.79 Å². The Kier molecular flexibility index (Phi) is 6.97. The van der Waals surface area contributed by atoms with Crippen molar-refractivity contribution in [3.8, 4) is 5.82 Å². The SMILES string of the molecule is CC(C)c1c(C(=O)OCC(=O)Nc2c(Cl)cc(Cl)cc2Cl)cnn1-c1ccccn1. The zero-order valence-corrected chi connectivity index (χ0v) is 18.3. The highest BCUT2D eigenvalue weighted by molar-refractivity contribution is 6.42. The minimum absolute atomic E-state index is 0.0439.